The first-order valence-electron chi connectivity index (χ1n) is 18.3. The zero-order valence-corrected chi connectivity index (χ0v) is 29.5. The van der Waals surface area contributed by atoms with E-state index in [1.807, 2.05) is 30.3 Å². The molecule has 0 radical (unpaired) electrons. The Morgan fingerprint density at radius 1 is 0.436 bits per heavy atom. The van der Waals surface area contributed by atoms with Gasteiger partial charge in [0.05, 0.1) is 50.9 Å². The van der Waals surface area contributed by atoms with Crippen molar-refractivity contribution in [3.63, 3.8) is 0 Å². The standard InChI is InChI=1S/C50H29N5/c1-52-43-29-28-35(30-42(43)32-24-26-34(27-25-32)53-44-19-6-4-15-38(44)40-17-10-12-33(31-51)49(40)53)54-45-20-7-5-16-39(45)41-18-11-23-48(50(41)54)55-46-21-8-2-13-36(46)37-14-3-9-22-47(37)55/h2-30H. The summed E-state index contributed by atoms with van der Waals surface area (Å²) in [5.41, 5.74) is 12.5. The highest BCUT2D eigenvalue weighted by Gasteiger charge is 2.21. The number of hydrogen-bond donors (Lipinski definition) is 0. The fraction of sp³-hybridized carbons (Fsp3) is 0. The molecule has 11 rings (SSSR count). The Balaban J connectivity index is 1.13. The zero-order chi connectivity index (χ0) is 36.6. The molecule has 0 saturated carbocycles. The predicted octanol–water partition coefficient (Wildman–Crippen LogP) is 13.1. The van der Waals surface area contributed by atoms with Crippen LogP contribution in [0, 0.1) is 17.9 Å². The van der Waals surface area contributed by atoms with Gasteiger partial charge in [-0.05, 0) is 71.8 Å². The Labute approximate surface area is 316 Å². The summed E-state index contributed by atoms with van der Waals surface area (Å²) in [6, 6.07) is 63.6. The van der Waals surface area contributed by atoms with Crippen LogP contribution in [0.2, 0.25) is 0 Å². The summed E-state index contributed by atoms with van der Waals surface area (Å²) in [6.07, 6.45) is 0. The lowest BCUT2D eigenvalue weighted by molar-refractivity contribution is 1.13. The van der Waals surface area contributed by atoms with Crippen LogP contribution in [0.5, 0.6) is 0 Å². The zero-order valence-electron chi connectivity index (χ0n) is 29.5. The first-order valence-corrected chi connectivity index (χ1v) is 18.3. The molecule has 0 fully saturated rings. The van der Waals surface area contributed by atoms with E-state index in [1.165, 1.54) is 16.2 Å². The van der Waals surface area contributed by atoms with Crippen molar-refractivity contribution in [2.24, 2.45) is 0 Å². The SMILES string of the molecule is [C-]#[N+]c1ccc(-n2c3ccccc3c3cccc(-n4c5ccccc5c5ccccc54)c32)cc1-c1ccc(-n2c3ccccc3c3cccc(C#N)c32)cc1. The predicted molar refractivity (Wildman–Crippen MR) is 226 cm³/mol. The van der Waals surface area contributed by atoms with Gasteiger partial charge in [-0.3, -0.25) is 0 Å². The quantitative estimate of drug-likeness (QED) is 0.169. The molecule has 0 aliphatic rings. The van der Waals surface area contributed by atoms with E-state index in [9.17, 15) is 5.26 Å². The van der Waals surface area contributed by atoms with Gasteiger partial charge in [0.15, 0.2) is 5.69 Å². The molecule has 0 atom stereocenters. The third-order valence-electron chi connectivity index (χ3n) is 11.1. The van der Waals surface area contributed by atoms with Crippen molar-refractivity contribution in [2.75, 3.05) is 0 Å². The number of para-hydroxylation sites is 6. The van der Waals surface area contributed by atoms with Crippen LogP contribution in [-0.2, 0) is 0 Å². The average molecular weight is 700 g/mol. The summed E-state index contributed by atoms with van der Waals surface area (Å²) in [4.78, 5) is 3.99. The number of fused-ring (bicyclic) bond motifs is 9. The van der Waals surface area contributed by atoms with Crippen LogP contribution < -0.4 is 0 Å². The van der Waals surface area contributed by atoms with Gasteiger partial charge in [-0.2, -0.15) is 5.26 Å². The summed E-state index contributed by atoms with van der Waals surface area (Å²) >= 11 is 0. The minimum absolute atomic E-state index is 0.587. The minimum atomic E-state index is 0.587. The van der Waals surface area contributed by atoms with E-state index in [0.29, 0.717) is 11.3 Å². The molecule has 0 saturated heterocycles. The normalized spacial score (nSPS) is 11.6. The molecule has 0 N–H and O–H groups in total. The van der Waals surface area contributed by atoms with Crippen molar-refractivity contribution < 1.29 is 0 Å². The second kappa shape index (κ2) is 11.8. The maximum absolute atomic E-state index is 10.1. The summed E-state index contributed by atoms with van der Waals surface area (Å²) in [6.45, 7) is 8.18. The Morgan fingerprint density at radius 2 is 0.909 bits per heavy atom. The van der Waals surface area contributed by atoms with Crippen LogP contribution in [0.25, 0.3) is 98.5 Å². The van der Waals surface area contributed by atoms with Crippen LogP contribution in [0.4, 0.5) is 5.69 Å². The lowest BCUT2D eigenvalue weighted by atomic mass is 10.0. The minimum Gasteiger partial charge on any atom is -0.308 e. The second-order valence-electron chi connectivity index (χ2n) is 13.9. The third kappa shape index (κ3) is 4.39. The molecule has 5 nitrogen and oxygen atoms in total. The summed E-state index contributed by atoms with van der Waals surface area (Å²) in [5, 5.41) is 17.0. The van der Waals surface area contributed by atoms with E-state index in [4.69, 9.17) is 6.57 Å². The maximum Gasteiger partial charge on any atom is 0.195 e. The van der Waals surface area contributed by atoms with E-state index in [2.05, 4.69) is 170 Å². The molecule has 0 amide bonds. The van der Waals surface area contributed by atoms with Gasteiger partial charge in [-0.1, -0.05) is 115 Å². The highest BCUT2D eigenvalue weighted by atomic mass is 15.1. The molecule has 8 aromatic carbocycles. The van der Waals surface area contributed by atoms with E-state index >= 15 is 0 Å². The fourth-order valence-corrected chi connectivity index (χ4v) is 8.79. The smallest absolute Gasteiger partial charge is 0.195 e. The largest absolute Gasteiger partial charge is 0.308 e. The third-order valence-corrected chi connectivity index (χ3v) is 11.1. The number of rotatable bonds is 4. The first kappa shape index (κ1) is 30.7. The maximum atomic E-state index is 10.1. The molecule has 0 aliphatic heterocycles. The lowest BCUT2D eigenvalue weighted by Crippen LogP contribution is -2.01. The van der Waals surface area contributed by atoms with Gasteiger partial charge in [-0.25, -0.2) is 4.85 Å². The first-order chi connectivity index (χ1) is 27.2. The molecule has 0 spiro atoms. The fourth-order valence-electron chi connectivity index (χ4n) is 8.79. The van der Waals surface area contributed by atoms with Gasteiger partial charge in [0, 0.05) is 43.7 Å². The highest BCUT2D eigenvalue weighted by molar-refractivity contribution is 6.15. The number of nitriles is 1. The van der Waals surface area contributed by atoms with Gasteiger partial charge < -0.3 is 13.7 Å². The van der Waals surface area contributed by atoms with E-state index < -0.39 is 0 Å². The van der Waals surface area contributed by atoms with Crippen molar-refractivity contribution in [3.8, 4) is 34.3 Å². The molecule has 5 heteroatoms. The molecule has 0 unspecified atom stereocenters. The van der Waals surface area contributed by atoms with Crippen LogP contribution in [0.1, 0.15) is 5.56 Å². The van der Waals surface area contributed by atoms with E-state index in [-0.39, 0.29) is 0 Å². The monoisotopic (exact) mass is 699 g/mol. The van der Waals surface area contributed by atoms with Gasteiger partial charge >= 0.3 is 0 Å². The summed E-state index contributed by atoms with van der Waals surface area (Å²) in [5.74, 6) is 0. The Bertz CT molecular complexity index is 3400. The number of hydrogen-bond acceptors (Lipinski definition) is 1. The molecule has 0 aliphatic carbocycles. The van der Waals surface area contributed by atoms with Crippen molar-refractivity contribution in [1.82, 2.24) is 13.7 Å². The van der Waals surface area contributed by atoms with Crippen molar-refractivity contribution in [1.29, 1.82) is 5.26 Å². The van der Waals surface area contributed by atoms with Gasteiger partial charge in [0.1, 0.15) is 6.07 Å². The van der Waals surface area contributed by atoms with Crippen LogP contribution in [0.15, 0.2) is 176 Å². The van der Waals surface area contributed by atoms with Crippen molar-refractivity contribution in [2.45, 2.75) is 0 Å². The van der Waals surface area contributed by atoms with Crippen molar-refractivity contribution >= 4 is 71.1 Å². The molecule has 3 aromatic heterocycles. The van der Waals surface area contributed by atoms with Gasteiger partial charge in [0.25, 0.3) is 0 Å². The second-order valence-corrected chi connectivity index (χ2v) is 13.9. The average Bonchev–Trinajstić information content (AvgIpc) is 3.90. The topological polar surface area (TPSA) is 42.9 Å². The molecule has 55 heavy (non-hydrogen) atoms. The molecule has 11 aromatic rings. The number of benzene rings is 8. The molecule has 0 bridgehead atoms. The molecular weight excluding hydrogens is 671 g/mol. The Morgan fingerprint density at radius 3 is 1.49 bits per heavy atom. The number of aromatic nitrogens is 3. The summed E-state index contributed by atoms with van der Waals surface area (Å²) in [7, 11) is 0. The lowest BCUT2D eigenvalue weighted by Gasteiger charge is -2.16. The molecule has 3 heterocycles. The van der Waals surface area contributed by atoms with Crippen molar-refractivity contribution in [3.05, 3.63) is 193 Å². The molecular formula is C50H29N5. The van der Waals surface area contributed by atoms with E-state index in [1.54, 1.807) is 0 Å². The van der Waals surface area contributed by atoms with Gasteiger partial charge in [0.2, 0.25) is 0 Å². The Hall–Kier alpha value is -7.86. The highest BCUT2D eigenvalue weighted by Crippen LogP contribution is 2.42. The van der Waals surface area contributed by atoms with Crippen LogP contribution in [0.3, 0.4) is 0 Å². The molecule has 254 valence electrons. The number of nitrogens with zero attached hydrogens (tertiary/aromatic N) is 5. The Kier molecular flexibility index (Phi) is 6.61. The van der Waals surface area contributed by atoms with Gasteiger partial charge in [-0.15, -0.1) is 0 Å². The summed E-state index contributed by atoms with van der Waals surface area (Å²) < 4.78 is 6.92. The van der Waals surface area contributed by atoms with Crippen LogP contribution >= 0.6 is 0 Å². The van der Waals surface area contributed by atoms with Crippen LogP contribution in [-0.4, -0.2) is 13.7 Å². The van der Waals surface area contributed by atoms with E-state index in [0.717, 1.165) is 77.4 Å².